The number of rotatable bonds is 4. The highest BCUT2D eigenvalue weighted by atomic mass is 32.1. The Labute approximate surface area is 122 Å². The van der Waals surface area contributed by atoms with Gasteiger partial charge in [-0.25, -0.2) is 4.99 Å². The Morgan fingerprint density at radius 2 is 1.95 bits per heavy atom. The van der Waals surface area contributed by atoms with Gasteiger partial charge in [0.25, 0.3) is 0 Å². The van der Waals surface area contributed by atoms with Crippen LogP contribution in [-0.2, 0) is 6.54 Å². The maximum absolute atomic E-state index is 11.6. The minimum Gasteiger partial charge on any atom is -0.395 e. The first-order valence-electron chi connectivity index (χ1n) is 6.46. The summed E-state index contributed by atoms with van der Waals surface area (Å²) in [6, 6.07) is 7.89. The first kappa shape index (κ1) is 14.7. The Hall–Kier alpha value is -1.72. The van der Waals surface area contributed by atoms with E-state index in [1.165, 1.54) is 16.9 Å². The number of carbonyl (C=O) groups excluding carboxylic acids is 1. The average molecular weight is 290 g/mol. The van der Waals surface area contributed by atoms with Crippen LogP contribution in [0.25, 0.3) is 0 Å². The molecule has 2 aromatic rings. The number of nitrogens with zero attached hydrogens (tertiary/aromatic N) is 2. The Bertz CT molecular complexity index is 681. The van der Waals surface area contributed by atoms with Gasteiger partial charge in [0, 0.05) is 19.2 Å². The van der Waals surface area contributed by atoms with Crippen LogP contribution in [0.3, 0.4) is 0 Å². The van der Waals surface area contributed by atoms with E-state index in [0.29, 0.717) is 11.4 Å². The molecule has 0 atom stereocenters. The Balaban J connectivity index is 2.57. The van der Waals surface area contributed by atoms with Gasteiger partial charge in [0.1, 0.15) is 0 Å². The largest absolute Gasteiger partial charge is 0.395 e. The molecule has 0 aliphatic heterocycles. The summed E-state index contributed by atoms with van der Waals surface area (Å²) in [6.07, 6.45) is 0. The zero-order valence-electron chi connectivity index (χ0n) is 11.9. The van der Waals surface area contributed by atoms with E-state index in [4.69, 9.17) is 0 Å². The van der Waals surface area contributed by atoms with Crippen LogP contribution >= 0.6 is 11.3 Å². The van der Waals surface area contributed by atoms with Gasteiger partial charge in [0.2, 0.25) is 0 Å². The maximum atomic E-state index is 11.6. The fourth-order valence-corrected chi connectivity index (χ4v) is 3.06. The van der Waals surface area contributed by atoms with Crippen LogP contribution in [0.5, 0.6) is 0 Å². The molecule has 5 heteroatoms. The Kier molecular flexibility index (Phi) is 4.52. The van der Waals surface area contributed by atoms with E-state index < -0.39 is 0 Å². The van der Waals surface area contributed by atoms with Crippen molar-refractivity contribution in [3.8, 4) is 0 Å². The smallest absolute Gasteiger partial charge is 0.190 e. The minimum atomic E-state index is 0.0238. The van der Waals surface area contributed by atoms with E-state index in [1.54, 1.807) is 6.92 Å². The van der Waals surface area contributed by atoms with Crippen molar-refractivity contribution in [2.24, 2.45) is 4.99 Å². The molecule has 4 nitrogen and oxygen atoms in total. The highest BCUT2D eigenvalue weighted by molar-refractivity contribution is 7.11. The highest BCUT2D eigenvalue weighted by Crippen LogP contribution is 2.16. The molecular weight excluding hydrogens is 272 g/mol. The van der Waals surface area contributed by atoms with E-state index >= 15 is 0 Å². The molecule has 0 unspecified atom stereocenters. The van der Waals surface area contributed by atoms with Crippen molar-refractivity contribution in [1.29, 1.82) is 0 Å². The summed E-state index contributed by atoms with van der Waals surface area (Å²) in [6.45, 7) is 5.93. The zero-order chi connectivity index (χ0) is 14.7. The van der Waals surface area contributed by atoms with Crippen LogP contribution in [0.1, 0.15) is 27.9 Å². The van der Waals surface area contributed by atoms with Crippen LogP contribution in [0.15, 0.2) is 29.3 Å². The molecule has 0 amide bonds. The van der Waals surface area contributed by atoms with Gasteiger partial charge in [-0.15, -0.1) is 0 Å². The molecule has 2 rings (SSSR count). The molecule has 20 heavy (non-hydrogen) atoms. The molecule has 106 valence electrons. The van der Waals surface area contributed by atoms with Crippen molar-refractivity contribution < 1.29 is 9.90 Å². The molecule has 1 aromatic carbocycles. The summed E-state index contributed by atoms with van der Waals surface area (Å²) in [5.74, 6) is 0.0320. The van der Waals surface area contributed by atoms with Crippen molar-refractivity contribution in [2.75, 3.05) is 6.61 Å². The number of benzene rings is 1. The van der Waals surface area contributed by atoms with Crippen molar-refractivity contribution in [3.05, 3.63) is 45.2 Å². The second kappa shape index (κ2) is 6.15. The molecule has 0 spiro atoms. The first-order valence-corrected chi connectivity index (χ1v) is 7.28. The monoisotopic (exact) mass is 290 g/mol. The molecule has 0 fully saturated rings. The van der Waals surface area contributed by atoms with Gasteiger partial charge < -0.3 is 9.67 Å². The second-order valence-corrected chi connectivity index (χ2v) is 5.66. The van der Waals surface area contributed by atoms with Crippen molar-refractivity contribution in [1.82, 2.24) is 4.57 Å². The van der Waals surface area contributed by atoms with Crippen LogP contribution in [0.4, 0.5) is 5.69 Å². The molecule has 0 saturated heterocycles. The SMILES string of the molecule is CC(=O)c1s/c(=N\c2ccc(C)cc2)n(CCO)c1C. The number of ketones is 1. The molecular formula is C15H18N2O2S. The average Bonchev–Trinajstić information content (AvgIpc) is 2.71. The van der Waals surface area contributed by atoms with Crippen LogP contribution in [0, 0.1) is 13.8 Å². The molecule has 0 bridgehead atoms. The third-order valence-corrected chi connectivity index (χ3v) is 4.34. The van der Waals surface area contributed by atoms with Gasteiger partial charge in [0.05, 0.1) is 17.2 Å². The van der Waals surface area contributed by atoms with Gasteiger partial charge in [-0.3, -0.25) is 4.79 Å². The van der Waals surface area contributed by atoms with Gasteiger partial charge in [-0.1, -0.05) is 29.0 Å². The number of aromatic nitrogens is 1. The number of hydrogen-bond donors (Lipinski definition) is 1. The van der Waals surface area contributed by atoms with Crippen molar-refractivity contribution in [2.45, 2.75) is 27.3 Å². The Morgan fingerprint density at radius 3 is 2.50 bits per heavy atom. The first-order chi connectivity index (χ1) is 9.52. The van der Waals surface area contributed by atoms with Crippen molar-refractivity contribution in [3.63, 3.8) is 0 Å². The normalized spacial score (nSPS) is 11.9. The molecule has 1 N–H and O–H groups in total. The Morgan fingerprint density at radius 1 is 1.30 bits per heavy atom. The lowest BCUT2D eigenvalue weighted by molar-refractivity contribution is 0.102. The van der Waals surface area contributed by atoms with Gasteiger partial charge in [-0.2, -0.15) is 0 Å². The summed E-state index contributed by atoms with van der Waals surface area (Å²) < 4.78 is 1.89. The second-order valence-electron chi connectivity index (χ2n) is 4.68. The fourth-order valence-electron chi connectivity index (χ4n) is 1.99. The summed E-state index contributed by atoms with van der Waals surface area (Å²) in [4.78, 5) is 17.6. The topological polar surface area (TPSA) is 54.6 Å². The molecule has 0 aliphatic rings. The lowest BCUT2D eigenvalue weighted by Crippen LogP contribution is -2.18. The summed E-state index contributed by atoms with van der Waals surface area (Å²) in [7, 11) is 0. The lowest BCUT2D eigenvalue weighted by Gasteiger charge is -2.03. The number of aliphatic hydroxyl groups excluding tert-OH is 1. The fraction of sp³-hybridized carbons (Fsp3) is 0.333. The van der Waals surface area contributed by atoms with Crippen LogP contribution in [0.2, 0.25) is 0 Å². The quantitative estimate of drug-likeness (QED) is 0.880. The van der Waals surface area contributed by atoms with E-state index in [-0.39, 0.29) is 12.4 Å². The maximum Gasteiger partial charge on any atom is 0.190 e. The van der Waals surface area contributed by atoms with Gasteiger partial charge >= 0.3 is 0 Å². The minimum absolute atomic E-state index is 0.0238. The number of aliphatic hydroxyl groups is 1. The van der Waals surface area contributed by atoms with E-state index in [2.05, 4.69) is 4.99 Å². The van der Waals surface area contributed by atoms with E-state index in [1.807, 2.05) is 42.7 Å². The zero-order valence-corrected chi connectivity index (χ0v) is 12.7. The summed E-state index contributed by atoms with van der Waals surface area (Å²) in [5, 5.41) is 9.18. The number of thiazole rings is 1. The standard InChI is InChI=1S/C15H18N2O2S/c1-10-4-6-13(7-5-10)16-15-17(8-9-18)11(2)14(20-15)12(3)19/h4-7,18H,8-9H2,1-3H3/b16-15-. The summed E-state index contributed by atoms with van der Waals surface area (Å²) in [5.41, 5.74) is 2.89. The van der Waals surface area contributed by atoms with E-state index in [9.17, 15) is 9.90 Å². The number of aryl methyl sites for hydroxylation is 1. The third-order valence-electron chi connectivity index (χ3n) is 3.06. The number of Topliss-reactive ketones (excluding diaryl/α,β-unsaturated/α-hetero) is 1. The third kappa shape index (κ3) is 3.05. The number of hydrogen-bond acceptors (Lipinski definition) is 4. The molecule has 0 saturated carbocycles. The predicted molar refractivity (Wildman–Crippen MR) is 80.5 cm³/mol. The molecule has 0 aliphatic carbocycles. The van der Waals surface area contributed by atoms with Crippen molar-refractivity contribution >= 4 is 22.8 Å². The summed E-state index contributed by atoms with van der Waals surface area (Å²) >= 11 is 1.37. The van der Waals surface area contributed by atoms with Gasteiger partial charge in [0.15, 0.2) is 10.6 Å². The number of carbonyl (C=O) groups is 1. The molecule has 1 heterocycles. The van der Waals surface area contributed by atoms with Crippen LogP contribution in [-0.4, -0.2) is 22.1 Å². The highest BCUT2D eigenvalue weighted by Gasteiger charge is 2.12. The van der Waals surface area contributed by atoms with Crippen LogP contribution < -0.4 is 4.80 Å². The predicted octanol–water partition coefficient (Wildman–Crippen LogP) is 2.59. The lowest BCUT2D eigenvalue weighted by atomic mass is 10.2. The van der Waals surface area contributed by atoms with E-state index in [0.717, 1.165) is 16.2 Å². The molecule has 0 radical (unpaired) electrons. The van der Waals surface area contributed by atoms with Gasteiger partial charge in [-0.05, 0) is 26.0 Å². The molecule has 1 aromatic heterocycles.